The summed E-state index contributed by atoms with van der Waals surface area (Å²) in [6.07, 6.45) is 0. The van der Waals surface area contributed by atoms with E-state index >= 15 is 0 Å². The normalized spacial score (nSPS) is 8.92. The highest BCUT2D eigenvalue weighted by molar-refractivity contribution is 9.13. The summed E-state index contributed by atoms with van der Waals surface area (Å²) in [6, 6.07) is 5.86. The maximum Gasteiger partial charge on any atom is 0.0508 e. The van der Waals surface area contributed by atoms with Crippen molar-refractivity contribution in [2.24, 2.45) is 0 Å². The Balaban J connectivity index is 0.00000121. The number of nitrogens with one attached hydrogen (secondary N) is 2. The molecule has 0 spiro atoms. The Morgan fingerprint density at radius 3 is 2.25 bits per heavy atom. The zero-order chi connectivity index (χ0) is 8.27. The van der Waals surface area contributed by atoms with Crippen molar-refractivity contribution in [1.82, 2.24) is 4.45 Å². The minimum atomic E-state index is 0. The Kier molecular flexibility index (Phi) is 6.57. The van der Waals surface area contributed by atoms with Gasteiger partial charge in [0, 0.05) is 25.1 Å². The van der Waals surface area contributed by atoms with Crippen molar-refractivity contribution in [2.45, 2.75) is 0 Å². The zero-order valence-corrected chi connectivity index (χ0v) is 11.3. The summed E-state index contributed by atoms with van der Waals surface area (Å²) >= 11 is 9.80. The van der Waals surface area contributed by atoms with Crippen molar-refractivity contribution in [2.75, 3.05) is 5.43 Å². The van der Waals surface area contributed by atoms with Crippen LogP contribution in [0.2, 0.25) is 0 Å². The summed E-state index contributed by atoms with van der Waals surface area (Å²) in [5.41, 5.74) is 3.87. The molecular weight excluding hydrogens is 375 g/mol. The second-order valence-corrected chi connectivity index (χ2v) is 3.95. The van der Waals surface area contributed by atoms with Gasteiger partial charge in [0.05, 0.1) is 5.69 Å². The summed E-state index contributed by atoms with van der Waals surface area (Å²) in [7, 11) is 0. The van der Waals surface area contributed by atoms with Crippen LogP contribution >= 0.6 is 60.4 Å². The van der Waals surface area contributed by atoms with Gasteiger partial charge >= 0.3 is 0 Å². The molecule has 0 amide bonds. The fourth-order valence-electron chi connectivity index (χ4n) is 0.628. The predicted molar refractivity (Wildman–Crippen MR) is 64.8 cm³/mol. The highest BCUT2D eigenvalue weighted by Crippen LogP contribution is 2.25. The molecule has 1 rings (SSSR count). The van der Waals surface area contributed by atoms with E-state index in [4.69, 9.17) is 0 Å². The van der Waals surface area contributed by atoms with Crippen molar-refractivity contribution in [1.29, 1.82) is 0 Å². The molecule has 2 nitrogen and oxygen atoms in total. The van der Waals surface area contributed by atoms with Gasteiger partial charge in [0.2, 0.25) is 0 Å². The fourth-order valence-corrected chi connectivity index (χ4v) is 1.48. The maximum absolute atomic E-state index is 3.39. The smallest absolute Gasteiger partial charge is 0.0508 e. The quantitative estimate of drug-likeness (QED) is 0.601. The van der Waals surface area contributed by atoms with Crippen LogP contribution in [0.4, 0.5) is 5.69 Å². The molecule has 0 aromatic heterocycles. The van der Waals surface area contributed by atoms with Gasteiger partial charge in [-0.05, 0) is 50.1 Å². The molecule has 12 heavy (non-hydrogen) atoms. The van der Waals surface area contributed by atoms with Gasteiger partial charge in [-0.25, -0.2) is 0 Å². The zero-order valence-electron chi connectivity index (χ0n) is 5.77. The van der Waals surface area contributed by atoms with Crippen LogP contribution in [-0.2, 0) is 0 Å². The summed E-state index contributed by atoms with van der Waals surface area (Å²) in [6.45, 7) is 0. The molecule has 0 aliphatic rings. The lowest BCUT2D eigenvalue weighted by atomic mass is 10.3. The monoisotopic (exact) mass is 378 g/mol. The molecular formula is C6H6Br3ClN2. The van der Waals surface area contributed by atoms with Gasteiger partial charge < -0.3 is 5.43 Å². The van der Waals surface area contributed by atoms with E-state index in [9.17, 15) is 0 Å². The molecule has 0 atom stereocenters. The van der Waals surface area contributed by atoms with Crippen LogP contribution in [0.25, 0.3) is 0 Å². The lowest BCUT2D eigenvalue weighted by molar-refractivity contribution is 1.24. The number of hydrogen-bond donors (Lipinski definition) is 2. The van der Waals surface area contributed by atoms with E-state index in [-0.39, 0.29) is 12.4 Å². The van der Waals surface area contributed by atoms with Crippen LogP contribution in [0.3, 0.4) is 0 Å². The van der Waals surface area contributed by atoms with Gasteiger partial charge in [-0.15, -0.1) is 12.4 Å². The van der Waals surface area contributed by atoms with Crippen molar-refractivity contribution >= 4 is 66.1 Å². The van der Waals surface area contributed by atoms with Crippen LogP contribution in [0, 0.1) is 0 Å². The van der Waals surface area contributed by atoms with E-state index in [1.807, 2.05) is 18.2 Å². The van der Waals surface area contributed by atoms with Crippen molar-refractivity contribution < 1.29 is 0 Å². The van der Waals surface area contributed by atoms with E-state index in [1.54, 1.807) is 0 Å². The van der Waals surface area contributed by atoms with Crippen LogP contribution in [0.1, 0.15) is 0 Å². The molecule has 0 aliphatic carbocycles. The molecule has 0 aliphatic heterocycles. The molecule has 0 saturated carbocycles. The molecule has 0 heterocycles. The lowest BCUT2D eigenvalue weighted by Crippen LogP contribution is -2.07. The largest absolute Gasteiger partial charge is 0.312 e. The van der Waals surface area contributed by atoms with Crippen molar-refractivity contribution in [3.05, 3.63) is 27.1 Å². The molecule has 1 aromatic carbocycles. The van der Waals surface area contributed by atoms with Gasteiger partial charge in [-0.1, -0.05) is 0 Å². The average Bonchev–Trinajstić information content (AvgIpc) is 1.98. The second-order valence-electron chi connectivity index (χ2n) is 1.85. The van der Waals surface area contributed by atoms with Crippen LogP contribution in [0.15, 0.2) is 27.1 Å². The van der Waals surface area contributed by atoms with E-state index in [0.29, 0.717) is 0 Å². The summed E-state index contributed by atoms with van der Waals surface area (Å²) in [5, 5.41) is 0. The number of anilines is 1. The first kappa shape index (κ1) is 12.7. The first-order chi connectivity index (χ1) is 5.24. The predicted octanol–water partition coefficient (Wildman–Crippen LogP) is 3.86. The fraction of sp³-hybridized carbons (Fsp3) is 0. The first-order valence-corrected chi connectivity index (χ1v) is 5.18. The third-order valence-corrected chi connectivity index (χ3v) is 3.19. The summed E-state index contributed by atoms with van der Waals surface area (Å²) < 4.78 is 4.72. The van der Waals surface area contributed by atoms with Crippen LogP contribution in [0.5, 0.6) is 0 Å². The molecule has 6 heteroatoms. The Morgan fingerprint density at radius 1 is 1.08 bits per heavy atom. The lowest BCUT2D eigenvalue weighted by Gasteiger charge is -2.03. The summed E-state index contributed by atoms with van der Waals surface area (Å²) in [4.78, 5) is 0. The molecule has 0 fully saturated rings. The standard InChI is InChI=1S/C6H5Br3N2.ClH/c7-5-2-1-4(10-11-9)3-6(5)8;/h1-3,10-11H;1H. The molecule has 1 aromatic rings. The van der Waals surface area contributed by atoms with Gasteiger partial charge in [-0.2, -0.15) is 4.45 Å². The molecule has 0 radical (unpaired) electrons. The third-order valence-electron chi connectivity index (χ3n) is 1.11. The minimum Gasteiger partial charge on any atom is -0.312 e. The number of halogens is 4. The second kappa shape index (κ2) is 6.21. The van der Waals surface area contributed by atoms with Crippen LogP contribution < -0.4 is 9.88 Å². The third kappa shape index (κ3) is 3.62. The molecule has 2 N–H and O–H groups in total. The number of hydrogen-bond acceptors (Lipinski definition) is 2. The number of hydrazine groups is 1. The molecule has 0 saturated heterocycles. The highest BCUT2D eigenvalue weighted by Gasteiger charge is 1.96. The number of benzene rings is 1. The minimum absolute atomic E-state index is 0. The SMILES string of the molecule is BrNNc1ccc(Br)c(Br)c1.Cl. The summed E-state index contributed by atoms with van der Waals surface area (Å²) in [5.74, 6) is 0. The molecule has 68 valence electrons. The van der Waals surface area contributed by atoms with Crippen LogP contribution in [-0.4, -0.2) is 0 Å². The highest BCUT2D eigenvalue weighted by atomic mass is 79.9. The van der Waals surface area contributed by atoms with Gasteiger partial charge in [0.25, 0.3) is 0 Å². The van der Waals surface area contributed by atoms with E-state index in [1.165, 1.54) is 0 Å². The van der Waals surface area contributed by atoms with E-state index in [2.05, 4.69) is 57.9 Å². The van der Waals surface area contributed by atoms with E-state index in [0.717, 1.165) is 14.6 Å². The maximum atomic E-state index is 3.39. The Bertz CT molecular complexity index is 257. The first-order valence-electron chi connectivity index (χ1n) is 2.80. The van der Waals surface area contributed by atoms with Gasteiger partial charge in [0.15, 0.2) is 0 Å². The number of rotatable bonds is 2. The van der Waals surface area contributed by atoms with Gasteiger partial charge in [0.1, 0.15) is 0 Å². The Labute approximate surface area is 102 Å². The van der Waals surface area contributed by atoms with Crippen molar-refractivity contribution in [3.63, 3.8) is 0 Å². The van der Waals surface area contributed by atoms with Crippen molar-refractivity contribution in [3.8, 4) is 0 Å². The van der Waals surface area contributed by atoms with Gasteiger partial charge in [-0.3, -0.25) is 0 Å². The van der Waals surface area contributed by atoms with E-state index < -0.39 is 0 Å². The average molecular weight is 381 g/mol. The Morgan fingerprint density at radius 2 is 1.75 bits per heavy atom. The Hall–Kier alpha value is 0.710. The molecule has 0 unspecified atom stereocenters. The molecule has 0 bridgehead atoms. The topological polar surface area (TPSA) is 24.1 Å².